The van der Waals surface area contributed by atoms with Crippen molar-refractivity contribution in [3.8, 4) is 0 Å². The van der Waals surface area contributed by atoms with Gasteiger partial charge >= 0.3 is 0 Å². The topological polar surface area (TPSA) is 35.6 Å². The molecule has 1 amide bonds. The van der Waals surface area contributed by atoms with Crippen LogP contribution >= 0.6 is 12.8 Å². The zero-order chi connectivity index (χ0) is 13.8. The average Bonchev–Trinajstić information content (AvgIpc) is 2.41. The number of likely N-dealkylation sites (tertiary alicyclic amines) is 1. The van der Waals surface area contributed by atoms with Crippen LogP contribution in [0.1, 0.15) is 39.5 Å². The maximum Gasteiger partial charge on any atom is 0.223 e. The van der Waals surface area contributed by atoms with Crippen LogP contribution in [0.2, 0.25) is 0 Å². The van der Waals surface area contributed by atoms with E-state index in [-0.39, 0.29) is 11.8 Å². The zero-order valence-electron chi connectivity index (χ0n) is 12.1. The van der Waals surface area contributed by atoms with Crippen LogP contribution < -0.4 is 5.32 Å². The Hall–Kier alpha value is -0.260. The summed E-state index contributed by atoms with van der Waals surface area (Å²) in [6.45, 7) is 8.52. The highest BCUT2D eigenvalue weighted by Crippen LogP contribution is 2.20. The lowest BCUT2D eigenvalue weighted by molar-refractivity contribution is -0.127. The minimum absolute atomic E-state index is 0.226. The smallest absolute Gasteiger partial charge is 0.223 e. The third-order valence-corrected chi connectivity index (χ3v) is 4.85. The lowest BCUT2D eigenvalue weighted by Crippen LogP contribution is -2.47. The molecule has 2 aliphatic rings. The highest BCUT2D eigenvalue weighted by Gasteiger charge is 2.28. The Labute approximate surface area is 122 Å². The van der Waals surface area contributed by atoms with Crippen molar-refractivity contribution in [3.63, 3.8) is 0 Å². The van der Waals surface area contributed by atoms with Crippen molar-refractivity contribution in [2.45, 2.75) is 51.6 Å². The van der Waals surface area contributed by atoms with Gasteiger partial charge in [-0.15, -0.1) is 0 Å². The van der Waals surface area contributed by atoms with Gasteiger partial charge in [0.2, 0.25) is 5.91 Å². The lowest BCUT2D eigenvalue weighted by atomic mass is 9.94. The number of carbonyl (C=O) groups excluding carboxylic acids is 1. The SMILES string of the molecule is CC(C)N1CCC(C(=O)NC2CCN(S)CC2)CC1. The van der Waals surface area contributed by atoms with Gasteiger partial charge in [-0.05, 0) is 52.6 Å². The number of amides is 1. The van der Waals surface area contributed by atoms with E-state index in [2.05, 4.69) is 36.9 Å². The summed E-state index contributed by atoms with van der Waals surface area (Å²) in [6.07, 6.45) is 4.07. The van der Waals surface area contributed by atoms with Crippen molar-refractivity contribution in [2.75, 3.05) is 26.2 Å². The molecule has 19 heavy (non-hydrogen) atoms. The van der Waals surface area contributed by atoms with E-state index >= 15 is 0 Å². The fourth-order valence-electron chi connectivity index (χ4n) is 3.01. The van der Waals surface area contributed by atoms with E-state index in [4.69, 9.17) is 0 Å². The van der Waals surface area contributed by atoms with Crippen molar-refractivity contribution >= 4 is 18.7 Å². The second kappa shape index (κ2) is 6.95. The molecule has 2 heterocycles. The fraction of sp³-hybridized carbons (Fsp3) is 0.929. The van der Waals surface area contributed by atoms with Crippen LogP contribution in [0.25, 0.3) is 0 Å². The van der Waals surface area contributed by atoms with Crippen LogP contribution in [0.15, 0.2) is 0 Å². The zero-order valence-corrected chi connectivity index (χ0v) is 13.0. The van der Waals surface area contributed by atoms with Gasteiger partial charge in [-0.2, -0.15) is 0 Å². The van der Waals surface area contributed by atoms with Gasteiger partial charge in [0.1, 0.15) is 0 Å². The molecule has 2 aliphatic heterocycles. The molecule has 2 saturated heterocycles. The number of piperidine rings is 2. The van der Waals surface area contributed by atoms with Gasteiger partial charge in [-0.25, -0.2) is 0 Å². The van der Waals surface area contributed by atoms with E-state index < -0.39 is 0 Å². The molecule has 0 saturated carbocycles. The van der Waals surface area contributed by atoms with Crippen LogP contribution in [-0.4, -0.2) is 53.4 Å². The molecule has 0 aromatic heterocycles. The standard InChI is InChI=1S/C14H27N3OS/c1-11(2)16-7-3-12(4-8-16)14(18)15-13-5-9-17(19)10-6-13/h11-13,19H,3-10H2,1-2H3,(H,15,18). The number of nitrogens with one attached hydrogen (secondary N) is 1. The summed E-state index contributed by atoms with van der Waals surface area (Å²) in [5, 5.41) is 3.24. The number of rotatable bonds is 3. The van der Waals surface area contributed by atoms with Crippen LogP contribution in [0.4, 0.5) is 0 Å². The van der Waals surface area contributed by atoms with E-state index in [0.29, 0.717) is 12.1 Å². The van der Waals surface area contributed by atoms with Crippen LogP contribution in [0.5, 0.6) is 0 Å². The third kappa shape index (κ3) is 4.36. The maximum absolute atomic E-state index is 12.3. The second-order valence-corrected chi connectivity index (χ2v) is 6.71. The van der Waals surface area contributed by atoms with Gasteiger partial charge in [0.05, 0.1) is 0 Å². The Bertz CT molecular complexity index is 295. The highest BCUT2D eigenvalue weighted by molar-refractivity contribution is 7.77. The summed E-state index contributed by atoms with van der Waals surface area (Å²) < 4.78 is 2.03. The molecule has 0 aromatic rings. The molecule has 0 radical (unpaired) electrons. The molecule has 0 bridgehead atoms. The Morgan fingerprint density at radius 2 is 1.68 bits per heavy atom. The van der Waals surface area contributed by atoms with E-state index in [9.17, 15) is 4.79 Å². The van der Waals surface area contributed by atoms with Crippen LogP contribution in [0.3, 0.4) is 0 Å². The highest BCUT2D eigenvalue weighted by atomic mass is 32.1. The Kier molecular flexibility index (Phi) is 5.54. The molecule has 5 heteroatoms. The molecule has 2 fully saturated rings. The predicted octanol–water partition coefficient (Wildman–Crippen LogP) is 1.53. The number of thiol groups is 1. The molecule has 0 atom stereocenters. The molecule has 4 nitrogen and oxygen atoms in total. The van der Waals surface area contributed by atoms with Crippen LogP contribution in [-0.2, 0) is 4.79 Å². The minimum Gasteiger partial charge on any atom is -0.353 e. The van der Waals surface area contributed by atoms with Crippen molar-refractivity contribution in [1.29, 1.82) is 0 Å². The molecule has 0 spiro atoms. The predicted molar refractivity (Wildman–Crippen MR) is 81.2 cm³/mol. The molecule has 110 valence electrons. The number of nitrogens with zero attached hydrogens (tertiary/aromatic N) is 2. The minimum atomic E-state index is 0.226. The van der Waals surface area contributed by atoms with E-state index in [1.54, 1.807) is 0 Å². The number of carbonyl (C=O) groups is 1. The first-order valence-electron chi connectivity index (χ1n) is 7.54. The number of hydrogen-bond donors (Lipinski definition) is 2. The fourth-order valence-corrected chi connectivity index (χ4v) is 3.24. The van der Waals surface area contributed by atoms with E-state index in [0.717, 1.165) is 51.9 Å². The Balaban J connectivity index is 1.72. The van der Waals surface area contributed by atoms with Crippen molar-refractivity contribution in [1.82, 2.24) is 14.5 Å². The molecule has 0 unspecified atom stereocenters. The molecule has 0 aliphatic carbocycles. The van der Waals surface area contributed by atoms with Crippen molar-refractivity contribution in [3.05, 3.63) is 0 Å². The van der Waals surface area contributed by atoms with Gasteiger partial charge in [-0.1, -0.05) is 12.8 Å². The van der Waals surface area contributed by atoms with Crippen molar-refractivity contribution < 1.29 is 4.79 Å². The van der Waals surface area contributed by atoms with Gasteiger partial charge in [0, 0.05) is 31.1 Å². The van der Waals surface area contributed by atoms with Gasteiger partial charge < -0.3 is 10.2 Å². The Morgan fingerprint density at radius 3 is 2.21 bits per heavy atom. The molecule has 2 rings (SSSR count). The quantitative estimate of drug-likeness (QED) is 0.772. The second-order valence-electron chi connectivity index (χ2n) is 6.14. The average molecular weight is 285 g/mol. The van der Waals surface area contributed by atoms with Crippen molar-refractivity contribution in [2.24, 2.45) is 5.92 Å². The van der Waals surface area contributed by atoms with Gasteiger partial charge in [0.25, 0.3) is 0 Å². The summed E-state index contributed by atoms with van der Waals surface area (Å²) >= 11 is 4.34. The summed E-state index contributed by atoms with van der Waals surface area (Å²) in [5.74, 6) is 0.505. The summed E-state index contributed by atoms with van der Waals surface area (Å²) in [5.41, 5.74) is 0. The summed E-state index contributed by atoms with van der Waals surface area (Å²) in [7, 11) is 0. The van der Waals surface area contributed by atoms with Gasteiger partial charge in [0.15, 0.2) is 0 Å². The first-order chi connectivity index (χ1) is 9.06. The largest absolute Gasteiger partial charge is 0.353 e. The molecule has 1 N–H and O–H groups in total. The van der Waals surface area contributed by atoms with E-state index in [1.165, 1.54) is 0 Å². The van der Waals surface area contributed by atoms with Gasteiger partial charge in [-0.3, -0.25) is 9.10 Å². The maximum atomic E-state index is 12.3. The Morgan fingerprint density at radius 1 is 1.11 bits per heavy atom. The lowest BCUT2D eigenvalue weighted by Gasteiger charge is -2.35. The normalized spacial score (nSPS) is 24.8. The molecule has 0 aromatic carbocycles. The monoisotopic (exact) mass is 285 g/mol. The third-order valence-electron chi connectivity index (χ3n) is 4.45. The first-order valence-corrected chi connectivity index (χ1v) is 7.94. The molecular weight excluding hydrogens is 258 g/mol. The van der Waals surface area contributed by atoms with Crippen LogP contribution in [0, 0.1) is 5.92 Å². The number of hydrogen-bond acceptors (Lipinski definition) is 4. The van der Waals surface area contributed by atoms with E-state index in [1.807, 2.05) is 4.31 Å². The summed E-state index contributed by atoms with van der Waals surface area (Å²) in [6, 6.07) is 0.961. The summed E-state index contributed by atoms with van der Waals surface area (Å²) in [4.78, 5) is 14.7. The first kappa shape index (κ1) is 15.1. The molecular formula is C14H27N3OS.